The monoisotopic (exact) mass is 456 g/mol. The van der Waals surface area contributed by atoms with Gasteiger partial charge in [0.1, 0.15) is 5.78 Å². The number of carbonyl (C=O) groups excluding carboxylic acids is 1. The largest absolute Gasteiger partial charge is 0.396 e. The van der Waals surface area contributed by atoms with E-state index in [1.807, 2.05) is 34.6 Å². The Labute approximate surface area is 195 Å². The van der Waals surface area contributed by atoms with E-state index in [-0.39, 0.29) is 42.7 Å². The van der Waals surface area contributed by atoms with E-state index < -0.39 is 11.2 Å². The van der Waals surface area contributed by atoms with Crippen LogP contribution in [0.2, 0.25) is 0 Å². The van der Waals surface area contributed by atoms with E-state index in [2.05, 4.69) is 13.8 Å². The number of ether oxygens (including phenoxy) is 4. The summed E-state index contributed by atoms with van der Waals surface area (Å²) in [5.74, 6) is -0.248. The van der Waals surface area contributed by atoms with E-state index in [4.69, 9.17) is 18.9 Å². The molecule has 188 valence electrons. The van der Waals surface area contributed by atoms with Crippen molar-refractivity contribution in [1.82, 2.24) is 0 Å². The summed E-state index contributed by atoms with van der Waals surface area (Å²) in [5, 5.41) is 9.33. The second-order valence-corrected chi connectivity index (χ2v) is 11.1. The molecule has 0 aromatic heterocycles. The van der Waals surface area contributed by atoms with Gasteiger partial charge in [0.2, 0.25) is 0 Å². The van der Waals surface area contributed by atoms with Crippen LogP contribution in [0.5, 0.6) is 0 Å². The average molecular weight is 457 g/mol. The maximum atomic E-state index is 13.8. The molecule has 0 aromatic carbocycles. The van der Waals surface area contributed by atoms with Crippen molar-refractivity contribution < 1.29 is 28.8 Å². The lowest BCUT2D eigenvalue weighted by atomic mass is 9.72. The first-order valence-electron chi connectivity index (χ1n) is 12.7. The van der Waals surface area contributed by atoms with E-state index in [0.29, 0.717) is 18.9 Å². The first-order valence-corrected chi connectivity index (χ1v) is 12.7. The minimum Gasteiger partial charge on any atom is -0.396 e. The summed E-state index contributed by atoms with van der Waals surface area (Å²) in [4.78, 5) is 13.8. The third-order valence-electron chi connectivity index (χ3n) is 7.28. The van der Waals surface area contributed by atoms with Crippen molar-refractivity contribution >= 4 is 5.78 Å². The highest BCUT2D eigenvalue weighted by molar-refractivity contribution is 5.87. The van der Waals surface area contributed by atoms with Gasteiger partial charge in [0, 0.05) is 19.1 Å². The summed E-state index contributed by atoms with van der Waals surface area (Å²) in [6, 6.07) is 0. The van der Waals surface area contributed by atoms with Gasteiger partial charge in [-0.3, -0.25) is 4.79 Å². The van der Waals surface area contributed by atoms with Crippen LogP contribution >= 0.6 is 0 Å². The zero-order valence-corrected chi connectivity index (χ0v) is 21.5. The number of carbonyl (C=O) groups is 1. The lowest BCUT2D eigenvalue weighted by Gasteiger charge is -2.44. The lowest BCUT2D eigenvalue weighted by molar-refractivity contribution is -0.289. The fourth-order valence-electron chi connectivity index (χ4n) is 5.03. The van der Waals surface area contributed by atoms with Crippen LogP contribution in [0.25, 0.3) is 0 Å². The molecule has 0 bridgehead atoms. The van der Waals surface area contributed by atoms with Gasteiger partial charge in [0.05, 0.1) is 24.2 Å². The second-order valence-electron chi connectivity index (χ2n) is 11.1. The summed E-state index contributed by atoms with van der Waals surface area (Å²) in [6.07, 6.45) is 6.08. The van der Waals surface area contributed by atoms with Crippen LogP contribution in [0.1, 0.15) is 93.4 Å². The van der Waals surface area contributed by atoms with Gasteiger partial charge in [-0.15, -0.1) is 0 Å². The number of aliphatic hydroxyl groups excluding tert-OH is 1. The molecular weight excluding hydrogens is 408 g/mol. The summed E-state index contributed by atoms with van der Waals surface area (Å²) >= 11 is 0. The summed E-state index contributed by atoms with van der Waals surface area (Å²) in [6.45, 7) is 15.6. The van der Waals surface area contributed by atoms with Gasteiger partial charge < -0.3 is 24.1 Å². The van der Waals surface area contributed by atoms with Crippen LogP contribution in [0.4, 0.5) is 0 Å². The lowest BCUT2D eigenvalue weighted by Crippen LogP contribution is -2.52. The molecule has 0 amide bonds. The molecule has 0 spiro atoms. The highest BCUT2D eigenvalue weighted by Gasteiger charge is 2.46. The van der Waals surface area contributed by atoms with Crippen molar-refractivity contribution in [2.45, 2.75) is 118 Å². The highest BCUT2D eigenvalue weighted by atomic mass is 16.7. The van der Waals surface area contributed by atoms with Gasteiger partial charge in [-0.05, 0) is 64.2 Å². The third kappa shape index (κ3) is 7.76. The molecule has 2 aliphatic heterocycles. The van der Waals surface area contributed by atoms with Crippen molar-refractivity contribution in [2.75, 3.05) is 19.8 Å². The van der Waals surface area contributed by atoms with Crippen molar-refractivity contribution in [1.29, 1.82) is 0 Å². The van der Waals surface area contributed by atoms with E-state index in [1.54, 1.807) is 0 Å². The summed E-state index contributed by atoms with van der Waals surface area (Å²) in [7, 11) is 0. The molecule has 2 rings (SSSR count). The topological polar surface area (TPSA) is 74.2 Å². The Morgan fingerprint density at radius 2 is 1.84 bits per heavy atom. The molecule has 6 atom stereocenters. The first kappa shape index (κ1) is 27.7. The molecule has 6 heteroatoms. The van der Waals surface area contributed by atoms with Crippen LogP contribution in [0.15, 0.2) is 0 Å². The van der Waals surface area contributed by atoms with Gasteiger partial charge in [0.15, 0.2) is 12.1 Å². The van der Waals surface area contributed by atoms with Crippen LogP contribution in [0, 0.1) is 23.2 Å². The number of hydrogen-bond acceptors (Lipinski definition) is 6. The molecule has 2 aliphatic rings. The van der Waals surface area contributed by atoms with Crippen molar-refractivity contribution in [3.63, 3.8) is 0 Å². The normalized spacial score (nSPS) is 28.0. The van der Waals surface area contributed by atoms with Crippen LogP contribution in [0.3, 0.4) is 0 Å². The maximum absolute atomic E-state index is 13.8. The van der Waals surface area contributed by atoms with Gasteiger partial charge >= 0.3 is 0 Å². The smallest absolute Gasteiger partial charge is 0.163 e. The van der Waals surface area contributed by atoms with Crippen LogP contribution in [-0.4, -0.2) is 55.0 Å². The Bertz CT molecular complexity index is 569. The Balaban J connectivity index is 2.11. The van der Waals surface area contributed by atoms with Gasteiger partial charge in [0.25, 0.3) is 0 Å². The standard InChI is InChI=1S/C26H48O6/c1-18(17-27)11-10-12-19(2)23(31-22-13-8-9-15-29-22)20(3)24(28)25(4,5)21-14-16-30-26(6,7)32-21/h18-23,27H,8-17H2,1-7H3/t18?,19-,20+,21-,22?,23?/m0/s1. The SMILES string of the molecule is CC(CO)CCC[C@H](C)C(OC1CCCCO1)[C@@H](C)C(=O)C(C)(C)[C@@H]1CCOC(C)(C)O1. The molecule has 6 nitrogen and oxygen atoms in total. The quantitative estimate of drug-likeness (QED) is 0.440. The average Bonchev–Trinajstić information content (AvgIpc) is 2.76. The van der Waals surface area contributed by atoms with E-state index in [9.17, 15) is 9.90 Å². The molecule has 2 heterocycles. The van der Waals surface area contributed by atoms with E-state index in [0.717, 1.165) is 45.1 Å². The van der Waals surface area contributed by atoms with Gasteiger partial charge in [-0.1, -0.05) is 41.0 Å². The molecule has 2 fully saturated rings. The molecule has 2 saturated heterocycles. The zero-order valence-electron chi connectivity index (χ0n) is 21.5. The van der Waals surface area contributed by atoms with Crippen molar-refractivity contribution in [2.24, 2.45) is 23.2 Å². The van der Waals surface area contributed by atoms with Crippen molar-refractivity contribution in [3.05, 3.63) is 0 Å². The molecule has 32 heavy (non-hydrogen) atoms. The molecule has 1 N–H and O–H groups in total. The molecule has 0 radical (unpaired) electrons. The Kier molecular flexibility index (Phi) is 10.6. The molecule has 0 saturated carbocycles. The van der Waals surface area contributed by atoms with E-state index in [1.165, 1.54) is 0 Å². The first-order chi connectivity index (χ1) is 15.0. The number of aliphatic hydroxyl groups is 1. The Morgan fingerprint density at radius 1 is 1.12 bits per heavy atom. The molecule has 0 aliphatic carbocycles. The van der Waals surface area contributed by atoms with Gasteiger partial charge in [-0.2, -0.15) is 0 Å². The number of Topliss-reactive ketones (excluding diaryl/α,β-unsaturated/α-hetero) is 1. The van der Waals surface area contributed by atoms with Crippen LogP contribution < -0.4 is 0 Å². The Morgan fingerprint density at radius 3 is 2.44 bits per heavy atom. The maximum Gasteiger partial charge on any atom is 0.163 e. The predicted octanol–water partition coefficient (Wildman–Crippen LogP) is 5.11. The van der Waals surface area contributed by atoms with E-state index >= 15 is 0 Å². The zero-order chi connectivity index (χ0) is 23.9. The molecule has 0 aromatic rings. The highest BCUT2D eigenvalue weighted by Crippen LogP contribution is 2.38. The fraction of sp³-hybridized carbons (Fsp3) is 0.962. The third-order valence-corrected chi connectivity index (χ3v) is 7.28. The number of rotatable bonds is 12. The molecule has 3 unspecified atom stereocenters. The molecular formula is C26H48O6. The fourth-order valence-corrected chi connectivity index (χ4v) is 5.03. The van der Waals surface area contributed by atoms with Crippen LogP contribution in [-0.2, 0) is 23.7 Å². The minimum absolute atomic E-state index is 0.177. The Hall–Kier alpha value is -0.530. The van der Waals surface area contributed by atoms with Crippen molar-refractivity contribution in [3.8, 4) is 0 Å². The summed E-state index contributed by atoms with van der Waals surface area (Å²) in [5.41, 5.74) is -0.638. The number of ketones is 1. The summed E-state index contributed by atoms with van der Waals surface area (Å²) < 4.78 is 24.2. The van der Waals surface area contributed by atoms with Gasteiger partial charge in [-0.25, -0.2) is 0 Å². The number of hydrogen-bond donors (Lipinski definition) is 1. The second kappa shape index (κ2) is 12.3. The minimum atomic E-state index is -0.674. The predicted molar refractivity (Wildman–Crippen MR) is 125 cm³/mol.